The van der Waals surface area contributed by atoms with Crippen LogP contribution in [0.25, 0.3) is 0 Å². The predicted molar refractivity (Wildman–Crippen MR) is 71.6 cm³/mol. The van der Waals surface area contributed by atoms with Crippen LogP contribution in [-0.4, -0.2) is 37.1 Å². The first-order valence-electron chi connectivity index (χ1n) is 5.95. The average molecular weight is 291 g/mol. The average Bonchev–Trinajstić information content (AvgIpc) is 2.88. The maximum absolute atomic E-state index is 11.9. The molecule has 1 heterocycles. The molecule has 1 aromatic carbocycles. The molecule has 0 aliphatic carbocycles. The van der Waals surface area contributed by atoms with Gasteiger partial charge >= 0.3 is 5.97 Å². The van der Waals surface area contributed by atoms with E-state index in [-0.39, 0.29) is 30.1 Å². The first-order valence-corrected chi connectivity index (χ1v) is 5.95. The molecule has 9 heteroatoms. The molecule has 0 saturated heterocycles. The number of nitrogens with one attached hydrogen (secondary N) is 1. The number of carbonyl (C=O) groups excluding carboxylic acids is 1. The number of aromatic hydroxyl groups is 1. The van der Waals surface area contributed by atoms with Gasteiger partial charge in [-0.3, -0.25) is 4.79 Å². The number of phenols is 1. The van der Waals surface area contributed by atoms with Gasteiger partial charge in [0.15, 0.2) is 0 Å². The van der Waals surface area contributed by atoms with E-state index in [1.54, 1.807) is 0 Å². The van der Waals surface area contributed by atoms with Gasteiger partial charge < -0.3 is 21.3 Å². The summed E-state index contributed by atoms with van der Waals surface area (Å²) >= 11 is 0. The summed E-state index contributed by atoms with van der Waals surface area (Å²) in [6.45, 7) is 0.0790. The number of amides is 1. The van der Waals surface area contributed by atoms with Crippen molar-refractivity contribution in [1.82, 2.24) is 15.0 Å². The molecular formula is C12H13N5O4. The number of hydrogen-bond donors (Lipinski definition) is 4. The zero-order chi connectivity index (χ0) is 15.4. The van der Waals surface area contributed by atoms with Gasteiger partial charge in [-0.1, -0.05) is 5.21 Å². The van der Waals surface area contributed by atoms with E-state index in [4.69, 9.17) is 10.8 Å². The van der Waals surface area contributed by atoms with Crippen LogP contribution in [-0.2, 0) is 17.9 Å². The number of aromatic nitrogens is 3. The number of phenolic OH excluding ortho intramolecular Hbond substituents is 1. The van der Waals surface area contributed by atoms with E-state index in [1.165, 1.54) is 23.0 Å². The fraction of sp³-hybridized carbons (Fsp3) is 0.167. The molecule has 1 amide bonds. The first-order chi connectivity index (χ1) is 9.99. The highest BCUT2D eigenvalue weighted by Gasteiger charge is 2.14. The minimum absolute atomic E-state index is 0.0875. The molecule has 0 unspecified atom stereocenters. The number of aromatic carboxylic acids is 1. The highest BCUT2D eigenvalue weighted by Crippen LogP contribution is 2.21. The summed E-state index contributed by atoms with van der Waals surface area (Å²) in [5.74, 6) is -1.93. The second kappa shape index (κ2) is 6.01. The normalized spacial score (nSPS) is 10.3. The number of carboxylic acids is 1. The number of nitrogens with zero attached hydrogens (tertiary/aromatic N) is 3. The molecule has 2 rings (SSSR count). The van der Waals surface area contributed by atoms with Crippen molar-refractivity contribution in [2.45, 2.75) is 13.1 Å². The van der Waals surface area contributed by atoms with Crippen molar-refractivity contribution in [3.63, 3.8) is 0 Å². The van der Waals surface area contributed by atoms with E-state index in [1.807, 2.05) is 0 Å². The van der Waals surface area contributed by atoms with Crippen LogP contribution < -0.4 is 11.1 Å². The molecule has 0 saturated carbocycles. The van der Waals surface area contributed by atoms with Gasteiger partial charge in [-0.15, -0.1) is 5.10 Å². The van der Waals surface area contributed by atoms with Crippen molar-refractivity contribution in [1.29, 1.82) is 0 Å². The Bertz CT molecular complexity index is 682. The van der Waals surface area contributed by atoms with Crippen molar-refractivity contribution in [2.75, 3.05) is 5.32 Å². The topological polar surface area (TPSA) is 143 Å². The monoisotopic (exact) mass is 291 g/mol. The van der Waals surface area contributed by atoms with Crippen LogP contribution in [0.3, 0.4) is 0 Å². The first kappa shape index (κ1) is 14.5. The smallest absolute Gasteiger partial charge is 0.337 e. The number of hydrogen-bond acceptors (Lipinski definition) is 6. The molecule has 0 atom stereocenters. The molecule has 5 N–H and O–H groups in total. The predicted octanol–water partition coefficient (Wildman–Crippen LogP) is -0.221. The summed E-state index contributed by atoms with van der Waals surface area (Å²) in [5.41, 5.74) is 5.80. The summed E-state index contributed by atoms with van der Waals surface area (Å²) in [6.07, 6.45) is 1.52. The standard InChI is InChI=1S/C12H13N5O4/c13-4-7-5-17(16-15-7)6-11(19)14-10-2-1-8(18)3-9(10)12(20)21/h1-3,5,18H,4,6,13H2,(H,14,19)(H,20,21). The Kier molecular flexibility index (Phi) is 4.14. The lowest BCUT2D eigenvalue weighted by Gasteiger charge is -2.08. The van der Waals surface area contributed by atoms with Crippen LogP contribution in [0.5, 0.6) is 5.75 Å². The van der Waals surface area contributed by atoms with Gasteiger partial charge in [0.2, 0.25) is 5.91 Å². The lowest BCUT2D eigenvalue weighted by atomic mass is 10.1. The Morgan fingerprint density at radius 3 is 2.76 bits per heavy atom. The van der Waals surface area contributed by atoms with Gasteiger partial charge in [-0.2, -0.15) is 0 Å². The fourth-order valence-electron chi connectivity index (χ4n) is 1.66. The maximum atomic E-state index is 11.9. The number of nitrogens with two attached hydrogens (primary N) is 1. The van der Waals surface area contributed by atoms with Gasteiger partial charge in [-0.25, -0.2) is 9.48 Å². The fourth-order valence-corrected chi connectivity index (χ4v) is 1.66. The highest BCUT2D eigenvalue weighted by molar-refractivity contribution is 6.00. The molecule has 0 spiro atoms. The van der Waals surface area contributed by atoms with Crippen molar-refractivity contribution in [3.8, 4) is 5.75 Å². The zero-order valence-electron chi connectivity index (χ0n) is 10.9. The number of carbonyl (C=O) groups is 2. The third-order valence-electron chi connectivity index (χ3n) is 2.61. The van der Waals surface area contributed by atoms with Crippen molar-refractivity contribution < 1.29 is 19.8 Å². The lowest BCUT2D eigenvalue weighted by molar-refractivity contribution is -0.116. The van der Waals surface area contributed by atoms with Crippen LogP contribution in [0.2, 0.25) is 0 Å². The lowest BCUT2D eigenvalue weighted by Crippen LogP contribution is -2.20. The second-order valence-corrected chi connectivity index (χ2v) is 4.19. The largest absolute Gasteiger partial charge is 0.508 e. The molecule has 110 valence electrons. The molecule has 9 nitrogen and oxygen atoms in total. The van der Waals surface area contributed by atoms with Crippen LogP contribution in [0.4, 0.5) is 5.69 Å². The van der Waals surface area contributed by atoms with E-state index in [0.29, 0.717) is 5.69 Å². The Morgan fingerprint density at radius 2 is 2.14 bits per heavy atom. The summed E-state index contributed by atoms with van der Waals surface area (Å²) in [7, 11) is 0. The number of benzene rings is 1. The summed E-state index contributed by atoms with van der Waals surface area (Å²) < 4.78 is 1.29. The van der Waals surface area contributed by atoms with Crippen LogP contribution in [0.1, 0.15) is 16.1 Å². The van der Waals surface area contributed by atoms with Gasteiger partial charge in [0.05, 0.1) is 23.1 Å². The molecule has 21 heavy (non-hydrogen) atoms. The number of anilines is 1. The number of rotatable bonds is 5. The molecule has 0 aliphatic rings. The second-order valence-electron chi connectivity index (χ2n) is 4.19. The van der Waals surface area contributed by atoms with Gasteiger partial charge in [0.1, 0.15) is 12.3 Å². The Labute approximate surface area is 119 Å². The van der Waals surface area contributed by atoms with Gasteiger partial charge in [0, 0.05) is 6.54 Å². The Morgan fingerprint density at radius 1 is 1.38 bits per heavy atom. The van der Waals surface area contributed by atoms with Gasteiger partial charge in [0.25, 0.3) is 0 Å². The Hall–Kier alpha value is -2.94. The van der Waals surface area contributed by atoms with E-state index in [9.17, 15) is 14.7 Å². The third-order valence-corrected chi connectivity index (χ3v) is 2.61. The summed E-state index contributed by atoms with van der Waals surface area (Å²) in [5, 5.41) is 28.2. The number of carboxylic acid groups (broad SMARTS) is 1. The van der Waals surface area contributed by atoms with Crippen LogP contribution in [0.15, 0.2) is 24.4 Å². The van der Waals surface area contributed by atoms with Gasteiger partial charge in [-0.05, 0) is 18.2 Å². The van der Waals surface area contributed by atoms with Crippen LogP contribution >= 0.6 is 0 Å². The van der Waals surface area contributed by atoms with Crippen molar-refractivity contribution in [2.24, 2.45) is 5.73 Å². The molecule has 0 fully saturated rings. The van der Waals surface area contributed by atoms with E-state index < -0.39 is 11.9 Å². The summed E-state index contributed by atoms with van der Waals surface area (Å²) in [6, 6.07) is 3.65. The minimum atomic E-state index is -1.26. The summed E-state index contributed by atoms with van der Waals surface area (Å²) in [4.78, 5) is 22.9. The maximum Gasteiger partial charge on any atom is 0.337 e. The molecule has 1 aromatic heterocycles. The highest BCUT2D eigenvalue weighted by atomic mass is 16.4. The van der Waals surface area contributed by atoms with E-state index in [2.05, 4.69) is 15.6 Å². The van der Waals surface area contributed by atoms with Crippen molar-refractivity contribution in [3.05, 3.63) is 35.7 Å². The zero-order valence-corrected chi connectivity index (χ0v) is 10.9. The molecule has 2 aromatic rings. The van der Waals surface area contributed by atoms with E-state index >= 15 is 0 Å². The molecule has 0 radical (unpaired) electrons. The molecule has 0 bridgehead atoms. The minimum Gasteiger partial charge on any atom is -0.508 e. The van der Waals surface area contributed by atoms with Crippen LogP contribution in [0, 0.1) is 0 Å². The Balaban J connectivity index is 2.10. The van der Waals surface area contributed by atoms with E-state index in [0.717, 1.165) is 6.07 Å². The SMILES string of the molecule is NCc1cn(CC(=O)Nc2ccc(O)cc2C(=O)O)nn1. The third kappa shape index (κ3) is 3.54. The quantitative estimate of drug-likeness (QED) is 0.557. The molecule has 0 aliphatic heterocycles. The van der Waals surface area contributed by atoms with Crippen molar-refractivity contribution >= 4 is 17.6 Å². The molecular weight excluding hydrogens is 278 g/mol.